The molecule has 1 fully saturated rings. The van der Waals surface area contributed by atoms with E-state index >= 15 is 0 Å². The second-order valence-corrected chi connectivity index (χ2v) is 8.43. The number of amides is 1. The van der Waals surface area contributed by atoms with E-state index in [0.29, 0.717) is 5.75 Å². The Labute approximate surface area is 202 Å². The lowest BCUT2D eigenvalue weighted by Crippen LogP contribution is -2.43. The SMILES string of the molecule is Nc1cc(OC[C@H](NC(=O)c2cccn(Cc3cc(F)c(F)c(F)c3)c2=O)C2CC2)ccc1[N+](=O)[O-]. The summed E-state index contributed by atoms with van der Waals surface area (Å²) in [7, 11) is 0. The fraction of sp³-hybridized carbons (Fsp3) is 0.250. The number of nitro benzene ring substituents is 1. The van der Waals surface area contributed by atoms with Crippen molar-refractivity contribution >= 4 is 17.3 Å². The Morgan fingerprint density at radius 3 is 2.50 bits per heavy atom. The fourth-order valence-electron chi connectivity index (χ4n) is 3.75. The third kappa shape index (κ3) is 5.48. The van der Waals surface area contributed by atoms with Crippen LogP contribution in [0.4, 0.5) is 24.5 Å². The van der Waals surface area contributed by atoms with Crippen molar-refractivity contribution in [2.75, 3.05) is 12.3 Å². The summed E-state index contributed by atoms with van der Waals surface area (Å²) in [6.45, 7) is -0.229. The Balaban J connectivity index is 1.46. The maximum Gasteiger partial charge on any atom is 0.292 e. The van der Waals surface area contributed by atoms with Crippen molar-refractivity contribution in [1.29, 1.82) is 0 Å². The van der Waals surface area contributed by atoms with Crippen LogP contribution in [0.2, 0.25) is 0 Å². The van der Waals surface area contributed by atoms with Crippen molar-refractivity contribution in [2.24, 2.45) is 5.92 Å². The van der Waals surface area contributed by atoms with Crippen LogP contribution in [0.3, 0.4) is 0 Å². The van der Waals surface area contributed by atoms with Gasteiger partial charge in [-0.05, 0) is 54.7 Å². The van der Waals surface area contributed by atoms with Gasteiger partial charge in [0.2, 0.25) is 0 Å². The first-order valence-corrected chi connectivity index (χ1v) is 10.9. The number of nitrogens with zero attached hydrogens (tertiary/aromatic N) is 2. The number of rotatable bonds is 9. The van der Waals surface area contributed by atoms with Crippen LogP contribution in [0.25, 0.3) is 0 Å². The number of carbonyl (C=O) groups excluding carboxylic acids is 1. The minimum absolute atomic E-state index is 0.0117. The largest absolute Gasteiger partial charge is 0.491 e. The Bertz CT molecular complexity index is 1370. The molecule has 188 valence electrons. The van der Waals surface area contributed by atoms with Gasteiger partial charge in [0.25, 0.3) is 17.2 Å². The maximum atomic E-state index is 13.5. The van der Waals surface area contributed by atoms with Crippen LogP contribution >= 0.6 is 0 Å². The third-order valence-electron chi connectivity index (χ3n) is 5.79. The molecule has 1 heterocycles. The quantitative estimate of drug-likeness (QED) is 0.200. The number of nitrogen functional groups attached to an aromatic ring is 1. The predicted octanol–water partition coefficient (Wildman–Crippen LogP) is 3.39. The molecule has 1 saturated carbocycles. The summed E-state index contributed by atoms with van der Waals surface area (Å²) in [5.41, 5.74) is 4.50. The van der Waals surface area contributed by atoms with Crippen molar-refractivity contribution in [1.82, 2.24) is 9.88 Å². The first-order chi connectivity index (χ1) is 17.1. The molecule has 0 radical (unpaired) electrons. The van der Waals surface area contributed by atoms with Gasteiger partial charge in [-0.25, -0.2) is 13.2 Å². The van der Waals surface area contributed by atoms with Crippen molar-refractivity contribution in [2.45, 2.75) is 25.4 Å². The predicted molar refractivity (Wildman–Crippen MR) is 123 cm³/mol. The van der Waals surface area contributed by atoms with Crippen molar-refractivity contribution in [3.63, 3.8) is 0 Å². The highest BCUT2D eigenvalue weighted by molar-refractivity contribution is 5.94. The van der Waals surface area contributed by atoms with Gasteiger partial charge in [0.05, 0.1) is 17.5 Å². The molecule has 3 N–H and O–H groups in total. The molecule has 1 aliphatic rings. The van der Waals surface area contributed by atoms with Gasteiger partial charge in [-0.15, -0.1) is 0 Å². The average molecular weight is 502 g/mol. The Hall–Kier alpha value is -4.35. The number of carbonyl (C=O) groups is 1. The number of nitro groups is 1. The molecule has 12 heteroatoms. The number of hydrogen-bond acceptors (Lipinski definition) is 6. The third-order valence-corrected chi connectivity index (χ3v) is 5.79. The fourth-order valence-corrected chi connectivity index (χ4v) is 3.75. The highest BCUT2D eigenvalue weighted by Gasteiger charge is 2.33. The van der Waals surface area contributed by atoms with Crippen LogP contribution in [-0.2, 0) is 6.54 Å². The zero-order valence-electron chi connectivity index (χ0n) is 18.7. The summed E-state index contributed by atoms with van der Waals surface area (Å²) < 4.78 is 47.1. The molecule has 2 aromatic carbocycles. The summed E-state index contributed by atoms with van der Waals surface area (Å²) in [5.74, 6) is -4.61. The number of benzene rings is 2. The van der Waals surface area contributed by atoms with Crippen LogP contribution in [0.1, 0.15) is 28.8 Å². The lowest BCUT2D eigenvalue weighted by Gasteiger charge is -2.19. The van der Waals surface area contributed by atoms with Gasteiger partial charge >= 0.3 is 0 Å². The monoisotopic (exact) mass is 502 g/mol. The van der Waals surface area contributed by atoms with E-state index in [9.17, 15) is 32.9 Å². The molecule has 0 aliphatic heterocycles. The molecular formula is C24H21F3N4O5. The van der Waals surface area contributed by atoms with Crippen LogP contribution in [0.15, 0.2) is 53.5 Å². The summed E-state index contributed by atoms with van der Waals surface area (Å²) in [6.07, 6.45) is 3.04. The molecule has 4 rings (SSSR count). The highest BCUT2D eigenvalue weighted by atomic mass is 19.2. The number of anilines is 1. The summed E-state index contributed by atoms with van der Waals surface area (Å²) in [4.78, 5) is 36.1. The van der Waals surface area contributed by atoms with E-state index in [1.165, 1.54) is 36.5 Å². The van der Waals surface area contributed by atoms with Gasteiger partial charge in [-0.2, -0.15) is 0 Å². The van der Waals surface area contributed by atoms with E-state index in [2.05, 4.69) is 5.32 Å². The number of ether oxygens (including phenoxy) is 1. The molecular weight excluding hydrogens is 481 g/mol. The van der Waals surface area contributed by atoms with Gasteiger partial charge in [-0.1, -0.05) is 0 Å². The number of nitrogens with one attached hydrogen (secondary N) is 1. The lowest BCUT2D eigenvalue weighted by molar-refractivity contribution is -0.383. The van der Waals surface area contributed by atoms with E-state index in [4.69, 9.17) is 10.5 Å². The number of aromatic nitrogens is 1. The van der Waals surface area contributed by atoms with Gasteiger partial charge in [-0.3, -0.25) is 19.7 Å². The molecule has 3 aromatic rings. The average Bonchev–Trinajstić information content (AvgIpc) is 3.66. The lowest BCUT2D eigenvalue weighted by atomic mass is 10.1. The minimum Gasteiger partial charge on any atom is -0.491 e. The Morgan fingerprint density at radius 1 is 1.19 bits per heavy atom. The number of pyridine rings is 1. The molecule has 0 spiro atoms. The normalized spacial score (nSPS) is 13.8. The summed E-state index contributed by atoms with van der Waals surface area (Å²) in [6, 6.07) is 7.82. The van der Waals surface area contributed by atoms with E-state index < -0.39 is 39.9 Å². The van der Waals surface area contributed by atoms with Crippen LogP contribution in [-0.4, -0.2) is 28.0 Å². The van der Waals surface area contributed by atoms with E-state index in [0.717, 1.165) is 29.5 Å². The van der Waals surface area contributed by atoms with Gasteiger partial charge in [0.1, 0.15) is 23.6 Å². The molecule has 36 heavy (non-hydrogen) atoms. The minimum atomic E-state index is -1.61. The van der Waals surface area contributed by atoms with E-state index in [1.54, 1.807) is 0 Å². The highest BCUT2D eigenvalue weighted by Crippen LogP contribution is 2.33. The second kappa shape index (κ2) is 10.1. The van der Waals surface area contributed by atoms with Crippen molar-refractivity contribution in [3.8, 4) is 5.75 Å². The Kier molecular flexibility index (Phi) is 6.95. The number of halogens is 3. The molecule has 1 amide bonds. The van der Waals surface area contributed by atoms with E-state index in [1.807, 2.05) is 0 Å². The first-order valence-electron chi connectivity index (χ1n) is 10.9. The standard InChI is InChI=1S/C24H21F3N4O5/c25-17-8-13(9-18(26)22(17)27)11-30-7-1-2-16(24(30)33)23(32)29-20(14-3-4-14)12-36-15-5-6-21(31(34)35)19(28)10-15/h1-2,5-10,14,20H,3-4,11-12,28H2,(H,29,32)/t20-/m0/s1. The molecule has 0 saturated heterocycles. The smallest absolute Gasteiger partial charge is 0.292 e. The van der Waals surface area contributed by atoms with E-state index in [-0.39, 0.29) is 41.6 Å². The zero-order chi connectivity index (χ0) is 26.0. The number of hydrogen-bond donors (Lipinski definition) is 2. The molecule has 1 atom stereocenters. The number of nitrogens with two attached hydrogens (primary N) is 1. The summed E-state index contributed by atoms with van der Waals surface area (Å²) >= 11 is 0. The van der Waals surface area contributed by atoms with Crippen LogP contribution in [0.5, 0.6) is 5.75 Å². The maximum absolute atomic E-state index is 13.5. The zero-order valence-corrected chi connectivity index (χ0v) is 18.7. The van der Waals surface area contributed by atoms with Gasteiger partial charge in [0.15, 0.2) is 17.5 Å². The molecule has 1 aromatic heterocycles. The molecule has 1 aliphatic carbocycles. The van der Waals surface area contributed by atoms with Gasteiger partial charge < -0.3 is 20.4 Å². The second-order valence-electron chi connectivity index (χ2n) is 8.43. The van der Waals surface area contributed by atoms with Crippen LogP contribution in [0, 0.1) is 33.5 Å². The molecule has 9 nitrogen and oxygen atoms in total. The van der Waals surface area contributed by atoms with Crippen LogP contribution < -0.4 is 21.3 Å². The molecule has 0 bridgehead atoms. The van der Waals surface area contributed by atoms with Crippen molar-refractivity contribution < 1.29 is 27.6 Å². The topological polar surface area (TPSA) is 129 Å². The van der Waals surface area contributed by atoms with Gasteiger partial charge in [0, 0.05) is 18.3 Å². The van der Waals surface area contributed by atoms with Crippen molar-refractivity contribution in [3.05, 3.63) is 97.7 Å². The first kappa shape index (κ1) is 24.8. The summed E-state index contributed by atoms with van der Waals surface area (Å²) in [5, 5.41) is 13.7. The molecule has 0 unspecified atom stereocenters. The Morgan fingerprint density at radius 2 is 1.89 bits per heavy atom.